The SMILES string of the molecule is c1ccc(-c2nc(-c3ccccc3)nc(-c3c(-c4ccc5ccc6ccccc6c5c4)ccc4c3sc3ccccc34)n2)cc1. The van der Waals surface area contributed by atoms with Gasteiger partial charge in [-0.25, -0.2) is 15.0 Å². The Bertz CT molecular complexity index is 2480. The van der Waals surface area contributed by atoms with Gasteiger partial charge in [-0.3, -0.25) is 0 Å². The first kappa shape index (κ1) is 25.8. The monoisotopic (exact) mass is 591 g/mol. The molecule has 0 saturated heterocycles. The lowest BCUT2D eigenvalue weighted by atomic mass is 9.93. The number of hydrogen-bond acceptors (Lipinski definition) is 4. The Balaban J connectivity index is 1.38. The van der Waals surface area contributed by atoms with Crippen LogP contribution in [0.5, 0.6) is 0 Å². The van der Waals surface area contributed by atoms with Crippen LogP contribution in [0, 0.1) is 0 Å². The van der Waals surface area contributed by atoms with Crippen LogP contribution >= 0.6 is 11.3 Å². The van der Waals surface area contributed by atoms with Crippen LogP contribution in [0.2, 0.25) is 0 Å². The lowest BCUT2D eigenvalue weighted by Crippen LogP contribution is -2.01. The fourth-order valence-corrected chi connectivity index (χ4v) is 7.59. The maximum absolute atomic E-state index is 5.20. The van der Waals surface area contributed by atoms with E-state index < -0.39 is 0 Å². The number of hydrogen-bond donors (Lipinski definition) is 0. The zero-order valence-corrected chi connectivity index (χ0v) is 25.0. The van der Waals surface area contributed by atoms with E-state index in [-0.39, 0.29) is 0 Å². The predicted molar refractivity (Wildman–Crippen MR) is 189 cm³/mol. The Kier molecular flexibility index (Phi) is 6.00. The Morgan fingerprint density at radius 3 is 1.69 bits per heavy atom. The summed E-state index contributed by atoms with van der Waals surface area (Å²) in [6.07, 6.45) is 0. The molecule has 7 aromatic carbocycles. The fraction of sp³-hybridized carbons (Fsp3) is 0. The van der Waals surface area contributed by atoms with Gasteiger partial charge in [0.15, 0.2) is 17.5 Å². The van der Waals surface area contributed by atoms with Crippen molar-refractivity contribution in [2.45, 2.75) is 0 Å². The van der Waals surface area contributed by atoms with Gasteiger partial charge >= 0.3 is 0 Å². The first-order valence-corrected chi connectivity index (χ1v) is 15.9. The summed E-state index contributed by atoms with van der Waals surface area (Å²) in [4.78, 5) is 15.4. The molecule has 2 aromatic heterocycles. The van der Waals surface area contributed by atoms with Gasteiger partial charge in [-0.15, -0.1) is 11.3 Å². The summed E-state index contributed by atoms with van der Waals surface area (Å²) in [5.74, 6) is 1.99. The molecule has 0 amide bonds. The highest BCUT2D eigenvalue weighted by molar-refractivity contribution is 7.26. The van der Waals surface area contributed by atoms with Crippen molar-refractivity contribution in [3.63, 3.8) is 0 Å². The van der Waals surface area contributed by atoms with Crippen molar-refractivity contribution in [1.29, 1.82) is 0 Å². The maximum Gasteiger partial charge on any atom is 0.166 e. The van der Waals surface area contributed by atoms with Gasteiger partial charge in [0.1, 0.15) is 0 Å². The minimum Gasteiger partial charge on any atom is -0.208 e. The van der Waals surface area contributed by atoms with Crippen LogP contribution in [0.15, 0.2) is 152 Å². The topological polar surface area (TPSA) is 38.7 Å². The summed E-state index contributed by atoms with van der Waals surface area (Å²) in [5, 5.41) is 7.40. The molecule has 9 rings (SSSR count). The molecule has 0 radical (unpaired) electrons. The highest BCUT2D eigenvalue weighted by Crippen LogP contribution is 2.45. The van der Waals surface area contributed by atoms with E-state index in [4.69, 9.17) is 15.0 Å². The van der Waals surface area contributed by atoms with Crippen molar-refractivity contribution in [2.75, 3.05) is 0 Å². The van der Waals surface area contributed by atoms with Crippen LogP contribution in [0.4, 0.5) is 0 Å². The number of thiophene rings is 1. The summed E-state index contributed by atoms with van der Waals surface area (Å²) in [7, 11) is 0. The van der Waals surface area contributed by atoms with E-state index in [0.717, 1.165) is 27.8 Å². The zero-order valence-electron chi connectivity index (χ0n) is 24.2. The molecule has 0 aliphatic carbocycles. The average Bonchev–Trinajstić information content (AvgIpc) is 3.50. The molecule has 3 nitrogen and oxygen atoms in total. The Morgan fingerprint density at radius 2 is 0.956 bits per heavy atom. The molecular formula is C41H25N3S. The van der Waals surface area contributed by atoms with Crippen LogP contribution in [0.1, 0.15) is 0 Å². The van der Waals surface area contributed by atoms with Gasteiger partial charge in [0.25, 0.3) is 0 Å². The number of rotatable bonds is 4. The fourth-order valence-electron chi connectivity index (χ4n) is 6.34. The lowest BCUT2D eigenvalue weighted by molar-refractivity contribution is 1.08. The summed E-state index contributed by atoms with van der Waals surface area (Å²) in [6.45, 7) is 0. The number of nitrogens with zero attached hydrogens (tertiary/aromatic N) is 3. The van der Waals surface area contributed by atoms with E-state index in [1.807, 2.05) is 36.4 Å². The Labute approximate surface area is 264 Å². The number of benzene rings is 7. The van der Waals surface area contributed by atoms with Gasteiger partial charge in [0.05, 0.1) is 0 Å². The van der Waals surface area contributed by atoms with Crippen LogP contribution in [-0.4, -0.2) is 15.0 Å². The molecule has 0 atom stereocenters. The molecule has 4 heteroatoms. The third kappa shape index (κ3) is 4.38. The highest BCUT2D eigenvalue weighted by Gasteiger charge is 2.21. The molecule has 0 saturated carbocycles. The quantitative estimate of drug-likeness (QED) is 0.191. The third-order valence-corrected chi connectivity index (χ3v) is 9.73. The molecular weight excluding hydrogens is 567 g/mol. The Hall–Kier alpha value is -5.71. The summed E-state index contributed by atoms with van der Waals surface area (Å²) < 4.78 is 2.42. The number of aromatic nitrogens is 3. The molecule has 0 unspecified atom stereocenters. The van der Waals surface area contributed by atoms with Gasteiger partial charge < -0.3 is 0 Å². The van der Waals surface area contributed by atoms with Crippen molar-refractivity contribution in [3.8, 4) is 45.3 Å². The molecule has 0 bridgehead atoms. The minimum atomic E-state index is 0.660. The van der Waals surface area contributed by atoms with E-state index in [0.29, 0.717) is 17.5 Å². The smallest absolute Gasteiger partial charge is 0.166 e. The van der Waals surface area contributed by atoms with Crippen molar-refractivity contribution in [1.82, 2.24) is 15.0 Å². The van der Waals surface area contributed by atoms with Gasteiger partial charge in [-0.2, -0.15) is 0 Å². The standard InChI is InChI=1S/C41H25N3S/c1-3-12-28(13-4-1)39-42-40(29-14-5-2-6-15-29)44-41(43-39)37-32(23-24-34-33-17-9-10-18-36(33)45-38(34)37)30-22-21-27-20-19-26-11-7-8-16-31(26)35(27)25-30/h1-25H. The van der Waals surface area contributed by atoms with Crippen LogP contribution in [-0.2, 0) is 0 Å². The van der Waals surface area contributed by atoms with Crippen LogP contribution in [0.3, 0.4) is 0 Å². The second-order valence-electron chi connectivity index (χ2n) is 11.2. The lowest BCUT2D eigenvalue weighted by Gasteiger charge is -2.14. The average molecular weight is 592 g/mol. The van der Waals surface area contributed by atoms with Gasteiger partial charge in [0.2, 0.25) is 0 Å². The van der Waals surface area contributed by atoms with E-state index in [1.165, 1.54) is 41.7 Å². The molecule has 45 heavy (non-hydrogen) atoms. The molecule has 2 heterocycles. The van der Waals surface area contributed by atoms with Crippen LogP contribution < -0.4 is 0 Å². The van der Waals surface area contributed by atoms with Gasteiger partial charge in [-0.05, 0) is 44.8 Å². The third-order valence-electron chi connectivity index (χ3n) is 8.53. The van der Waals surface area contributed by atoms with Crippen molar-refractivity contribution >= 4 is 53.1 Å². The van der Waals surface area contributed by atoms with Crippen molar-refractivity contribution in [3.05, 3.63) is 152 Å². The first-order chi connectivity index (χ1) is 22.3. The highest BCUT2D eigenvalue weighted by atomic mass is 32.1. The molecule has 210 valence electrons. The molecule has 0 spiro atoms. The van der Waals surface area contributed by atoms with E-state index >= 15 is 0 Å². The predicted octanol–water partition coefficient (Wildman–Crippen LogP) is 11.2. The van der Waals surface area contributed by atoms with Crippen LogP contribution in [0.25, 0.3) is 87.0 Å². The summed E-state index contributed by atoms with van der Waals surface area (Å²) >= 11 is 1.80. The van der Waals surface area contributed by atoms with Gasteiger partial charge in [0, 0.05) is 36.9 Å². The molecule has 0 fully saturated rings. The molecule has 0 aliphatic heterocycles. The van der Waals surface area contributed by atoms with E-state index in [1.54, 1.807) is 11.3 Å². The maximum atomic E-state index is 5.20. The zero-order chi connectivity index (χ0) is 29.7. The van der Waals surface area contributed by atoms with Crippen molar-refractivity contribution in [2.24, 2.45) is 0 Å². The largest absolute Gasteiger partial charge is 0.208 e. The molecule has 9 aromatic rings. The normalized spacial score (nSPS) is 11.6. The van der Waals surface area contributed by atoms with Crippen molar-refractivity contribution < 1.29 is 0 Å². The van der Waals surface area contributed by atoms with Gasteiger partial charge in [-0.1, -0.05) is 140 Å². The second kappa shape index (κ2) is 10.5. The van der Waals surface area contributed by atoms with E-state index in [9.17, 15) is 0 Å². The summed E-state index contributed by atoms with van der Waals surface area (Å²) in [6, 6.07) is 53.3. The number of fused-ring (bicyclic) bond motifs is 6. The molecule has 0 aliphatic rings. The minimum absolute atomic E-state index is 0.660. The summed E-state index contributed by atoms with van der Waals surface area (Å²) in [5.41, 5.74) is 5.19. The Morgan fingerprint density at radius 1 is 0.378 bits per heavy atom. The second-order valence-corrected chi connectivity index (χ2v) is 12.3. The molecule has 0 N–H and O–H groups in total. The van der Waals surface area contributed by atoms with E-state index in [2.05, 4.69) is 115 Å². The first-order valence-electron chi connectivity index (χ1n) is 15.0.